The molecule has 1 aliphatic rings. The number of nitrogens with one attached hydrogen (secondary N) is 1. The van der Waals surface area contributed by atoms with E-state index in [2.05, 4.69) is 10.3 Å². The van der Waals surface area contributed by atoms with Gasteiger partial charge in [0, 0.05) is 12.7 Å². The molecule has 0 saturated carbocycles. The number of pyridine rings is 1. The molecule has 0 atom stereocenters. The van der Waals surface area contributed by atoms with Gasteiger partial charge in [0.1, 0.15) is 0 Å². The predicted molar refractivity (Wildman–Crippen MR) is 66.0 cm³/mol. The molecule has 1 aromatic heterocycles. The summed E-state index contributed by atoms with van der Waals surface area (Å²) < 4.78 is 0. The Morgan fingerprint density at radius 2 is 2.35 bits per heavy atom. The number of rotatable bonds is 3. The zero-order chi connectivity index (χ0) is 12.5. The number of carbonyl (C=O) groups excluding carboxylic acids is 1. The van der Waals surface area contributed by atoms with Crippen molar-refractivity contribution in [1.29, 1.82) is 0 Å². The highest BCUT2D eigenvalue weighted by molar-refractivity contribution is 6.00. The Morgan fingerprint density at radius 1 is 1.59 bits per heavy atom. The first-order valence-corrected chi connectivity index (χ1v) is 5.67. The molecule has 5 heteroatoms. The smallest absolute Gasteiger partial charge is 0.243 e. The highest BCUT2D eigenvalue weighted by atomic mass is 16.3. The fraction of sp³-hybridized carbons (Fsp3) is 0.500. The van der Waals surface area contributed by atoms with Crippen LogP contribution in [0.1, 0.15) is 20.3 Å². The molecular weight excluding hydrogens is 218 g/mol. The first-order chi connectivity index (χ1) is 7.96. The summed E-state index contributed by atoms with van der Waals surface area (Å²) in [6.07, 6.45) is 3.99. The molecule has 1 aromatic rings. The summed E-state index contributed by atoms with van der Waals surface area (Å²) in [5, 5.41) is 12.5. The molecule has 0 aromatic carbocycles. The maximum Gasteiger partial charge on any atom is 0.243 e. The second-order valence-corrected chi connectivity index (χ2v) is 4.92. The molecule has 0 bridgehead atoms. The van der Waals surface area contributed by atoms with Crippen LogP contribution in [0.2, 0.25) is 0 Å². The van der Waals surface area contributed by atoms with Crippen LogP contribution in [0.3, 0.4) is 0 Å². The van der Waals surface area contributed by atoms with E-state index in [0.29, 0.717) is 19.5 Å². The van der Waals surface area contributed by atoms with Crippen molar-refractivity contribution in [3.05, 3.63) is 18.5 Å². The summed E-state index contributed by atoms with van der Waals surface area (Å²) in [4.78, 5) is 17.5. The lowest BCUT2D eigenvalue weighted by molar-refractivity contribution is -0.115. The first kappa shape index (κ1) is 11.9. The minimum absolute atomic E-state index is 0.0283. The van der Waals surface area contributed by atoms with Gasteiger partial charge in [-0.25, -0.2) is 0 Å². The van der Waals surface area contributed by atoms with E-state index in [1.807, 2.05) is 4.90 Å². The monoisotopic (exact) mass is 235 g/mol. The largest absolute Gasteiger partial charge is 0.390 e. The van der Waals surface area contributed by atoms with Gasteiger partial charge in [-0.3, -0.25) is 9.78 Å². The lowest BCUT2D eigenvalue weighted by atomic mass is 10.0. The van der Waals surface area contributed by atoms with Crippen LogP contribution in [0.5, 0.6) is 0 Å². The molecule has 0 fully saturated rings. The third-order valence-corrected chi connectivity index (χ3v) is 2.74. The standard InChI is InChI=1S/C12H17N3O2/c1-12(2,17)4-6-15-8-11(16)14-9-3-5-13-7-10(9)15/h3,5,7,17H,4,6,8H2,1-2H3,(H,14,16). The Kier molecular flexibility index (Phi) is 3.02. The van der Waals surface area contributed by atoms with E-state index >= 15 is 0 Å². The van der Waals surface area contributed by atoms with Crippen molar-refractivity contribution in [3.63, 3.8) is 0 Å². The van der Waals surface area contributed by atoms with E-state index in [-0.39, 0.29) is 5.91 Å². The molecule has 2 N–H and O–H groups in total. The van der Waals surface area contributed by atoms with Gasteiger partial charge in [-0.15, -0.1) is 0 Å². The van der Waals surface area contributed by atoms with Crippen LogP contribution in [-0.2, 0) is 4.79 Å². The summed E-state index contributed by atoms with van der Waals surface area (Å²) >= 11 is 0. The number of hydrogen-bond acceptors (Lipinski definition) is 4. The minimum atomic E-state index is -0.726. The van der Waals surface area contributed by atoms with Gasteiger partial charge in [-0.2, -0.15) is 0 Å². The molecule has 1 aliphatic heterocycles. The number of aliphatic hydroxyl groups is 1. The summed E-state index contributed by atoms with van der Waals surface area (Å²) in [5.74, 6) is -0.0283. The lowest BCUT2D eigenvalue weighted by Crippen LogP contribution is -2.40. The van der Waals surface area contributed by atoms with E-state index < -0.39 is 5.60 Å². The van der Waals surface area contributed by atoms with Crippen molar-refractivity contribution < 1.29 is 9.90 Å². The number of aromatic nitrogens is 1. The zero-order valence-corrected chi connectivity index (χ0v) is 10.1. The second-order valence-electron chi connectivity index (χ2n) is 4.92. The third kappa shape index (κ3) is 2.94. The Morgan fingerprint density at radius 3 is 3.06 bits per heavy atom. The molecule has 0 unspecified atom stereocenters. The van der Waals surface area contributed by atoms with E-state index in [1.165, 1.54) is 0 Å². The van der Waals surface area contributed by atoms with Crippen LogP contribution >= 0.6 is 0 Å². The van der Waals surface area contributed by atoms with Crippen LogP contribution in [0, 0.1) is 0 Å². The van der Waals surface area contributed by atoms with Gasteiger partial charge in [0.2, 0.25) is 5.91 Å². The molecule has 0 spiro atoms. The number of amides is 1. The molecule has 5 nitrogen and oxygen atoms in total. The number of carbonyl (C=O) groups is 1. The van der Waals surface area contributed by atoms with E-state index in [9.17, 15) is 9.90 Å². The van der Waals surface area contributed by atoms with Gasteiger partial charge < -0.3 is 15.3 Å². The van der Waals surface area contributed by atoms with Crippen molar-refractivity contribution in [3.8, 4) is 0 Å². The highest BCUT2D eigenvalue weighted by Gasteiger charge is 2.23. The van der Waals surface area contributed by atoms with Gasteiger partial charge in [-0.1, -0.05) is 0 Å². The predicted octanol–water partition coefficient (Wildman–Crippen LogP) is 1.00. The number of hydrogen-bond donors (Lipinski definition) is 2. The molecule has 0 saturated heterocycles. The van der Waals surface area contributed by atoms with Crippen molar-refractivity contribution in [2.75, 3.05) is 23.3 Å². The normalized spacial score (nSPS) is 15.5. The van der Waals surface area contributed by atoms with Crippen molar-refractivity contribution in [2.45, 2.75) is 25.9 Å². The van der Waals surface area contributed by atoms with Crippen LogP contribution in [-0.4, -0.2) is 34.7 Å². The Hall–Kier alpha value is -1.62. The van der Waals surface area contributed by atoms with Crippen LogP contribution in [0.15, 0.2) is 18.5 Å². The molecule has 92 valence electrons. The summed E-state index contributed by atoms with van der Waals surface area (Å²) in [5.41, 5.74) is 0.972. The summed E-state index contributed by atoms with van der Waals surface area (Å²) in [6, 6.07) is 1.78. The number of fused-ring (bicyclic) bond motifs is 1. The van der Waals surface area contributed by atoms with Gasteiger partial charge in [0.15, 0.2) is 0 Å². The third-order valence-electron chi connectivity index (χ3n) is 2.74. The summed E-state index contributed by atoms with van der Waals surface area (Å²) in [7, 11) is 0. The van der Waals surface area contributed by atoms with Crippen molar-refractivity contribution in [2.24, 2.45) is 0 Å². The van der Waals surface area contributed by atoms with Gasteiger partial charge in [-0.05, 0) is 26.3 Å². The minimum Gasteiger partial charge on any atom is -0.390 e. The molecule has 2 heterocycles. The number of anilines is 2. The molecule has 1 amide bonds. The van der Waals surface area contributed by atoms with Crippen molar-refractivity contribution in [1.82, 2.24) is 4.98 Å². The molecule has 0 radical (unpaired) electrons. The molecule has 0 aliphatic carbocycles. The molecule has 17 heavy (non-hydrogen) atoms. The molecular formula is C12H17N3O2. The maximum atomic E-state index is 11.5. The first-order valence-electron chi connectivity index (χ1n) is 5.67. The Bertz CT molecular complexity index is 426. The topological polar surface area (TPSA) is 65.5 Å². The van der Waals surface area contributed by atoms with Crippen LogP contribution in [0.25, 0.3) is 0 Å². The fourth-order valence-corrected chi connectivity index (χ4v) is 1.80. The quantitative estimate of drug-likeness (QED) is 0.820. The molecule has 2 rings (SSSR count). The highest BCUT2D eigenvalue weighted by Crippen LogP contribution is 2.28. The summed E-state index contributed by atoms with van der Waals surface area (Å²) in [6.45, 7) is 4.48. The van der Waals surface area contributed by atoms with Gasteiger partial charge >= 0.3 is 0 Å². The fourth-order valence-electron chi connectivity index (χ4n) is 1.80. The van der Waals surface area contributed by atoms with E-state index in [4.69, 9.17) is 0 Å². The zero-order valence-electron chi connectivity index (χ0n) is 10.1. The average molecular weight is 235 g/mol. The van der Waals surface area contributed by atoms with Crippen molar-refractivity contribution >= 4 is 17.3 Å². The van der Waals surface area contributed by atoms with Crippen LogP contribution in [0.4, 0.5) is 11.4 Å². The van der Waals surface area contributed by atoms with Gasteiger partial charge in [0.25, 0.3) is 0 Å². The number of nitrogens with zero attached hydrogens (tertiary/aromatic N) is 2. The van der Waals surface area contributed by atoms with Gasteiger partial charge in [0.05, 0.1) is 29.7 Å². The average Bonchev–Trinajstić information content (AvgIpc) is 2.24. The van der Waals surface area contributed by atoms with Crippen LogP contribution < -0.4 is 10.2 Å². The van der Waals surface area contributed by atoms with E-state index in [1.54, 1.807) is 32.3 Å². The lowest BCUT2D eigenvalue weighted by Gasteiger charge is -2.32. The Labute approximate surface area is 100 Å². The maximum absolute atomic E-state index is 11.5. The Balaban J connectivity index is 2.15. The SMILES string of the molecule is CC(C)(O)CCN1CC(=O)Nc2ccncc21. The van der Waals surface area contributed by atoms with E-state index in [0.717, 1.165) is 11.4 Å². The second kappa shape index (κ2) is 4.33.